The number of nitrogens with two attached hydrogens (primary N) is 1. The Bertz CT molecular complexity index is 413. The van der Waals surface area contributed by atoms with Crippen LogP contribution in [0.15, 0.2) is 12.3 Å². The molecule has 0 atom stereocenters. The Kier molecular flexibility index (Phi) is 2.37. The summed E-state index contributed by atoms with van der Waals surface area (Å²) in [6, 6.07) is 1.50. The van der Waals surface area contributed by atoms with Crippen LogP contribution in [0.1, 0.15) is 33.7 Å². The fourth-order valence-corrected chi connectivity index (χ4v) is 1.21. The third-order valence-electron chi connectivity index (χ3n) is 2.10. The zero-order chi connectivity index (χ0) is 10.8. The van der Waals surface area contributed by atoms with Gasteiger partial charge in [0.2, 0.25) is 0 Å². The minimum absolute atomic E-state index is 0.0199. The van der Waals surface area contributed by atoms with Gasteiger partial charge in [-0.05, 0) is 18.9 Å². The molecule has 1 aliphatic rings. The van der Waals surface area contributed by atoms with Crippen molar-refractivity contribution in [3.8, 4) is 5.75 Å². The lowest BCUT2D eigenvalue weighted by molar-refractivity contribution is 0.0990. The number of hydrogen-bond acceptors (Lipinski definition) is 4. The molecule has 0 radical (unpaired) electrons. The minimum Gasteiger partial charge on any atom is -0.487 e. The highest BCUT2D eigenvalue weighted by Gasteiger charge is 2.27. The van der Waals surface area contributed by atoms with Crippen molar-refractivity contribution in [2.24, 2.45) is 5.73 Å². The second-order valence-corrected chi connectivity index (χ2v) is 3.38. The van der Waals surface area contributed by atoms with E-state index in [0.717, 1.165) is 12.8 Å². The van der Waals surface area contributed by atoms with E-state index in [1.807, 2.05) is 0 Å². The Labute approximate surface area is 86.2 Å². The van der Waals surface area contributed by atoms with Gasteiger partial charge >= 0.3 is 0 Å². The van der Waals surface area contributed by atoms with Gasteiger partial charge in [-0.25, -0.2) is 4.98 Å². The van der Waals surface area contributed by atoms with Gasteiger partial charge in [-0.3, -0.25) is 9.59 Å². The number of rotatable bonds is 4. The summed E-state index contributed by atoms with van der Waals surface area (Å²) in [6.07, 6.45) is 3.96. The number of hydrogen-bond donors (Lipinski definition) is 1. The SMILES string of the molecule is NC(=O)c1nccc(C=O)c1OC1CC1. The molecule has 0 aliphatic heterocycles. The summed E-state index contributed by atoms with van der Waals surface area (Å²) in [5.41, 5.74) is 5.47. The van der Waals surface area contributed by atoms with Crippen LogP contribution < -0.4 is 10.5 Å². The maximum absolute atomic E-state index is 11.1. The molecule has 1 amide bonds. The highest BCUT2D eigenvalue weighted by Crippen LogP contribution is 2.30. The number of nitrogens with zero attached hydrogens (tertiary/aromatic N) is 1. The lowest BCUT2D eigenvalue weighted by atomic mass is 10.2. The van der Waals surface area contributed by atoms with Crippen molar-refractivity contribution in [1.82, 2.24) is 4.98 Å². The molecule has 0 unspecified atom stereocenters. The molecule has 78 valence electrons. The highest BCUT2D eigenvalue weighted by molar-refractivity contribution is 5.96. The number of primary amides is 1. The Morgan fingerprint density at radius 1 is 1.60 bits per heavy atom. The molecule has 2 rings (SSSR count). The number of aldehydes is 1. The summed E-state index contributed by atoms with van der Waals surface area (Å²) in [7, 11) is 0. The molecular weight excluding hydrogens is 196 g/mol. The zero-order valence-electron chi connectivity index (χ0n) is 7.97. The predicted molar refractivity (Wildman–Crippen MR) is 51.8 cm³/mol. The average molecular weight is 206 g/mol. The van der Waals surface area contributed by atoms with Crippen molar-refractivity contribution in [2.75, 3.05) is 0 Å². The van der Waals surface area contributed by atoms with E-state index >= 15 is 0 Å². The Morgan fingerprint density at radius 3 is 2.87 bits per heavy atom. The van der Waals surface area contributed by atoms with Crippen molar-refractivity contribution in [1.29, 1.82) is 0 Å². The van der Waals surface area contributed by atoms with E-state index in [1.54, 1.807) is 0 Å². The zero-order valence-corrected chi connectivity index (χ0v) is 7.97. The molecule has 2 N–H and O–H groups in total. The summed E-state index contributed by atoms with van der Waals surface area (Å²) in [5.74, 6) is -0.475. The maximum Gasteiger partial charge on any atom is 0.271 e. The van der Waals surface area contributed by atoms with Crippen LogP contribution in [0, 0.1) is 0 Å². The quantitative estimate of drug-likeness (QED) is 0.728. The van der Waals surface area contributed by atoms with Gasteiger partial charge in [0.25, 0.3) is 5.91 Å². The fraction of sp³-hybridized carbons (Fsp3) is 0.300. The van der Waals surface area contributed by atoms with Gasteiger partial charge < -0.3 is 10.5 Å². The van der Waals surface area contributed by atoms with E-state index in [1.165, 1.54) is 12.3 Å². The summed E-state index contributed by atoms with van der Waals surface area (Å²) in [4.78, 5) is 25.6. The summed E-state index contributed by atoms with van der Waals surface area (Å²) in [6.45, 7) is 0. The van der Waals surface area contributed by atoms with Gasteiger partial charge in [0, 0.05) is 6.20 Å². The molecule has 15 heavy (non-hydrogen) atoms. The van der Waals surface area contributed by atoms with E-state index in [0.29, 0.717) is 11.8 Å². The van der Waals surface area contributed by atoms with E-state index in [2.05, 4.69) is 4.98 Å². The summed E-state index contributed by atoms with van der Waals surface area (Å²) < 4.78 is 5.45. The third-order valence-corrected chi connectivity index (χ3v) is 2.10. The van der Waals surface area contributed by atoms with Crippen LogP contribution in [-0.4, -0.2) is 23.3 Å². The first kappa shape index (κ1) is 9.64. The van der Waals surface area contributed by atoms with Crippen LogP contribution in [0.4, 0.5) is 0 Å². The topological polar surface area (TPSA) is 82.3 Å². The minimum atomic E-state index is -0.686. The van der Waals surface area contributed by atoms with Gasteiger partial charge in [0.1, 0.15) is 0 Å². The first-order valence-electron chi connectivity index (χ1n) is 4.63. The first-order valence-corrected chi connectivity index (χ1v) is 4.63. The highest BCUT2D eigenvalue weighted by atomic mass is 16.5. The van der Waals surface area contributed by atoms with Crippen molar-refractivity contribution in [3.05, 3.63) is 23.5 Å². The number of aromatic nitrogens is 1. The normalized spacial score (nSPS) is 14.7. The average Bonchev–Trinajstić information content (AvgIpc) is 3.01. The molecule has 1 fully saturated rings. The number of carbonyl (C=O) groups excluding carboxylic acids is 2. The van der Waals surface area contributed by atoms with Gasteiger partial charge in [-0.15, -0.1) is 0 Å². The van der Waals surface area contributed by atoms with Crippen molar-refractivity contribution < 1.29 is 14.3 Å². The van der Waals surface area contributed by atoms with Gasteiger partial charge in [-0.2, -0.15) is 0 Å². The first-order chi connectivity index (χ1) is 7.22. The van der Waals surface area contributed by atoms with Crippen LogP contribution in [0.3, 0.4) is 0 Å². The molecule has 0 spiro atoms. The maximum atomic E-state index is 11.1. The molecule has 1 heterocycles. The molecule has 0 saturated heterocycles. The second-order valence-electron chi connectivity index (χ2n) is 3.38. The Hall–Kier alpha value is -1.91. The third kappa shape index (κ3) is 1.96. The summed E-state index contributed by atoms with van der Waals surface area (Å²) >= 11 is 0. The second kappa shape index (κ2) is 3.68. The van der Waals surface area contributed by atoms with Crippen LogP contribution in [0.25, 0.3) is 0 Å². The molecule has 1 aliphatic carbocycles. The molecule has 1 aromatic rings. The predicted octanol–water partition coefficient (Wildman–Crippen LogP) is 0.534. The van der Waals surface area contributed by atoms with Gasteiger partial charge in [-0.1, -0.05) is 0 Å². The van der Waals surface area contributed by atoms with Gasteiger partial charge in [0.05, 0.1) is 11.7 Å². The number of carbonyl (C=O) groups is 2. The molecule has 5 heteroatoms. The van der Waals surface area contributed by atoms with Crippen LogP contribution >= 0.6 is 0 Å². The monoisotopic (exact) mass is 206 g/mol. The standard InChI is InChI=1S/C10H10N2O3/c11-10(14)8-9(15-7-1-2-7)6(5-13)3-4-12-8/h3-5,7H,1-2H2,(H2,11,14). The molecule has 1 saturated carbocycles. The van der Waals surface area contributed by atoms with Crippen molar-refractivity contribution in [3.63, 3.8) is 0 Å². The van der Waals surface area contributed by atoms with Crippen molar-refractivity contribution >= 4 is 12.2 Å². The lowest BCUT2D eigenvalue weighted by Gasteiger charge is -2.09. The Morgan fingerprint density at radius 2 is 2.33 bits per heavy atom. The van der Waals surface area contributed by atoms with E-state index in [4.69, 9.17) is 10.5 Å². The molecular formula is C10H10N2O3. The van der Waals surface area contributed by atoms with Crippen LogP contribution in [-0.2, 0) is 0 Å². The lowest BCUT2D eigenvalue weighted by Crippen LogP contribution is -2.16. The summed E-state index contributed by atoms with van der Waals surface area (Å²) in [5, 5.41) is 0. The van der Waals surface area contributed by atoms with Crippen molar-refractivity contribution in [2.45, 2.75) is 18.9 Å². The van der Waals surface area contributed by atoms with E-state index in [9.17, 15) is 9.59 Å². The molecule has 0 aromatic carbocycles. The van der Waals surface area contributed by atoms with Crippen LogP contribution in [0.2, 0.25) is 0 Å². The van der Waals surface area contributed by atoms with E-state index < -0.39 is 5.91 Å². The molecule has 5 nitrogen and oxygen atoms in total. The fourth-order valence-electron chi connectivity index (χ4n) is 1.21. The number of ether oxygens (including phenoxy) is 1. The Balaban J connectivity index is 2.42. The number of pyridine rings is 1. The molecule has 0 bridgehead atoms. The smallest absolute Gasteiger partial charge is 0.271 e. The van der Waals surface area contributed by atoms with Gasteiger partial charge in [0.15, 0.2) is 17.7 Å². The van der Waals surface area contributed by atoms with Crippen LogP contribution in [0.5, 0.6) is 5.75 Å². The largest absolute Gasteiger partial charge is 0.487 e. The van der Waals surface area contributed by atoms with E-state index in [-0.39, 0.29) is 17.5 Å². The number of amides is 1. The molecule has 1 aromatic heterocycles.